The fraction of sp³-hybridized carbons (Fsp3) is 0.800. The van der Waals surface area contributed by atoms with Crippen LogP contribution in [0.1, 0.15) is 52.5 Å². The molecule has 1 saturated carbocycles. The summed E-state index contributed by atoms with van der Waals surface area (Å²) < 4.78 is 8.26. The van der Waals surface area contributed by atoms with Gasteiger partial charge in [0, 0.05) is 6.10 Å². The third kappa shape index (κ3) is 3.75. The highest BCUT2D eigenvalue weighted by molar-refractivity contribution is 6.74. The summed E-state index contributed by atoms with van der Waals surface area (Å²) in [7, 11) is -1.77. The molecular weight excluding hydrogens is 298 g/mol. The first-order valence-electron chi connectivity index (χ1n) is 7.96. The summed E-state index contributed by atoms with van der Waals surface area (Å²) in [6.45, 7) is 11.3. The molecule has 0 bridgehead atoms. The van der Waals surface area contributed by atoms with Crippen molar-refractivity contribution in [2.75, 3.05) is 0 Å². The summed E-state index contributed by atoms with van der Waals surface area (Å²) >= 11 is 0. The van der Waals surface area contributed by atoms with Crippen molar-refractivity contribution in [1.82, 2.24) is 9.78 Å². The third-order valence-corrected chi connectivity index (χ3v) is 9.57. The van der Waals surface area contributed by atoms with Gasteiger partial charge in [-0.05, 0) is 43.8 Å². The van der Waals surface area contributed by atoms with E-state index in [0.717, 1.165) is 25.7 Å². The van der Waals surface area contributed by atoms with E-state index in [9.17, 15) is 10.1 Å². The first-order chi connectivity index (χ1) is 10.1. The van der Waals surface area contributed by atoms with Crippen molar-refractivity contribution in [2.24, 2.45) is 0 Å². The van der Waals surface area contributed by atoms with Crippen molar-refractivity contribution in [2.45, 2.75) is 76.7 Å². The number of hydrogen-bond acceptors (Lipinski definition) is 4. The molecule has 1 heterocycles. The molecule has 0 spiro atoms. The monoisotopic (exact) mass is 325 g/mol. The van der Waals surface area contributed by atoms with Gasteiger partial charge in [-0.2, -0.15) is 5.10 Å². The van der Waals surface area contributed by atoms with Crippen molar-refractivity contribution in [3.05, 3.63) is 22.5 Å². The summed E-state index contributed by atoms with van der Waals surface area (Å²) in [4.78, 5) is 10.4. The maximum atomic E-state index is 10.8. The Hall–Kier alpha value is -1.21. The Morgan fingerprint density at radius 2 is 2.09 bits per heavy atom. The van der Waals surface area contributed by atoms with Gasteiger partial charge in [-0.15, -0.1) is 0 Å². The highest BCUT2D eigenvalue weighted by atomic mass is 28.4. The Bertz CT molecular complexity index is 536. The van der Waals surface area contributed by atoms with E-state index in [1.54, 1.807) is 10.9 Å². The largest absolute Gasteiger partial charge is 0.414 e. The number of hydrogen-bond donors (Lipinski definition) is 0. The Morgan fingerprint density at radius 3 is 2.64 bits per heavy atom. The van der Waals surface area contributed by atoms with E-state index in [-0.39, 0.29) is 22.9 Å². The number of nitrogens with zero attached hydrogens (tertiary/aromatic N) is 3. The SMILES string of the molecule is CC(C)(C)[Si](C)(C)O[C@H]1CCCC(n2cc([N+](=O)[O-])cn2)C1. The fourth-order valence-electron chi connectivity index (χ4n) is 2.68. The van der Waals surface area contributed by atoms with E-state index >= 15 is 0 Å². The molecule has 1 unspecified atom stereocenters. The van der Waals surface area contributed by atoms with Crippen molar-refractivity contribution < 1.29 is 9.35 Å². The van der Waals surface area contributed by atoms with Crippen LogP contribution in [0.4, 0.5) is 5.69 Å². The van der Waals surface area contributed by atoms with Gasteiger partial charge in [-0.25, -0.2) is 0 Å². The van der Waals surface area contributed by atoms with Crippen molar-refractivity contribution in [3.63, 3.8) is 0 Å². The lowest BCUT2D eigenvalue weighted by Gasteiger charge is -2.41. The van der Waals surface area contributed by atoms with Gasteiger partial charge in [0.1, 0.15) is 12.4 Å². The van der Waals surface area contributed by atoms with E-state index in [4.69, 9.17) is 4.43 Å². The van der Waals surface area contributed by atoms with Crippen LogP contribution in [-0.2, 0) is 4.43 Å². The molecule has 1 fully saturated rings. The first kappa shape index (κ1) is 17.1. The van der Waals surface area contributed by atoms with E-state index in [0.29, 0.717) is 0 Å². The van der Waals surface area contributed by atoms with Gasteiger partial charge in [-0.1, -0.05) is 20.8 Å². The summed E-state index contributed by atoms with van der Waals surface area (Å²) in [5, 5.41) is 15.2. The molecule has 0 radical (unpaired) electrons. The van der Waals surface area contributed by atoms with Crippen LogP contribution in [0.3, 0.4) is 0 Å². The van der Waals surface area contributed by atoms with Crippen LogP contribution in [0.2, 0.25) is 18.1 Å². The summed E-state index contributed by atoms with van der Waals surface area (Å²) in [6, 6.07) is 0.206. The van der Waals surface area contributed by atoms with Crippen LogP contribution in [0.15, 0.2) is 12.4 Å². The molecule has 1 aliphatic rings. The van der Waals surface area contributed by atoms with Gasteiger partial charge in [0.25, 0.3) is 0 Å². The van der Waals surface area contributed by atoms with E-state index < -0.39 is 13.2 Å². The van der Waals surface area contributed by atoms with Gasteiger partial charge < -0.3 is 4.43 Å². The van der Waals surface area contributed by atoms with Crippen LogP contribution in [0.25, 0.3) is 0 Å². The van der Waals surface area contributed by atoms with Crippen molar-refractivity contribution in [3.8, 4) is 0 Å². The molecule has 0 saturated heterocycles. The average molecular weight is 325 g/mol. The maximum absolute atomic E-state index is 10.8. The second-order valence-electron chi connectivity index (χ2n) is 7.76. The zero-order valence-electron chi connectivity index (χ0n) is 14.2. The molecule has 0 aliphatic heterocycles. The smallest absolute Gasteiger partial charge is 0.307 e. The standard InChI is InChI=1S/C15H27N3O3Si/c1-15(2,3)22(4,5)21-14-8-6-7-12(9-14)17-11-13(10-16-17)18(19)20/h10-12,14H,6-9H2,1-5H3/t12?,14-/m0/s1. The van der Waals surface area contributed by atoms with Crippen molar-refractivity contribution in [1.29, 1.82) is 0 Å². The van der Waals surface area contributed by atoms with Crippen molar-refractivity contribution >= 4 is 14.0 Å². The summed E-state index contributed by atoms with van der Waals surface area (Å²) in [5.74, 6) is 0. The van der Waals surface area contributed by atoms with Gasteiger partial charge in [-0.3, -0.25) is 14.8 Å². The fourth-order valence-corrected chi connectivity index (χ4v) is 4.08. The first-order valence-corrected chi connectivity index (χ1v) is 10.9. The Balaban J connectivity index is 2.04. The molecule has 22 heavy (non-hydrogen) atoms. The van der Waals surface area contributed by atoms with Gasteiger partial charge in [0.2, 0.25) is 0 Å². The molecule has 1 aromatic rings. The second kappa shape index (κ2) is 6.12. The minimum atomic E-state index is -1.77. The Labute approximate surface area is 133 Å². The molecule has 6 nitrogen and oxygen atoms in total. The van der Waals surface area contributed by atoms with Gasteiger partial charge in [0.15, 0.2) is 8.32 Å². The zero-order chi connectivity index (χ0) is 16.5. The lowest BCUT2D eigenvalue weighted by atomic mass is 9.93. The minimum absolute atomic E-state index is 0.0624. The molecular formula is C15H27N3O3Si. The summed E-state index contributed by atoms with van der Waals surface area (Å²) in [5.41, 5.74) is 0.0624. The van der Waals surface area contributed by atoms with Crippen LogP contribution in [0.5, 0.6) is 0 Å². The maximum Gasteiger partial charge on any atom is 0.307 e. The average Bonchev–Trinajstić information content (AvgIpc) is 2.86. The normalized spacial score (nSPS) is 23.5. The van der Waals surface area contributed by atoms with Crippen LogP contribution in [0, 0.1) is 10.1 Å². The molecule has 2 rings (SSSR count). The van der Waals surface area contributed by atoms with Crippen LogP contribution >= 0.6 is 0 Å². The Kier molecular flexibility index (Phi) is 4.77. The quantitative estimate of drug-likeness (QED) is 0.470. The highest BCUT2D eigenvalue weighted by Crippen LogP contribution is 2.40. The van der Waals surface area contributed by atoms with E-state index in [2.05, 4.69) is 39.0 Å². The topological polar surface area (TPSA) is 70.2 Å². The number of rotatable bonds is 4. The molecule has 7 heteroatoms. The van der Waals surface area contributed by atoms with E-state index in [1.807, 2.05) is 0 Å². The molecule has 2 atom stereocenters. The van der Waals surface area contributed by atoms with Crippen LogP contribution in [-0.4, -0.2) is 29.1 Å². The molecule has 1 aliphatic carbocycles. The molecule has 0 amide bonds. The second-order valence-corrected chi connectivity index (χ2v) is 12.5. The molecule has 0 aromatic carbocycles. The van der Waals surface area contributed by atoms with Crippen LogP contribution < -0.4 is 0 Å². The lowest BCUT2D eigenvalue weighted by molar-refractivity contribution is -0.385. The predicted octanol–water partition coefficient (Wildman–Crippen LogP) is 4.30. The zero-order valence-corrected chi connectivity index (χ0v) is 15.2. The molecule has 1 aromatic heterocycles. The third-order valence-electron chi connectivity index (χ3n) is 5.04. The highest BCUT2D eigenvalue weighted by Gasteiger charge is 2.40. The lowest BCUT2D eigenvalue weighted by Crippen LogP contribution is -2.45. The molecule has 0 N–H and O–H groups in total. The number of nitro groups is 1. The van der Waals surface area contributed by atoms with Gasteiger partial charge >= 0.3 is 5.69 Å². The summed E-state index contributed by atoms with van der Waals surface area (Å²) in [6.07, 6.45) is 7.17. The number of aromatic nitrogens is 2. The Morgan fingerprint density at radius 1 is 1.41 bits per heavy atom. The minimum Gasteiger partial charge on any atom is -0.414 e. The van der Waals surface area contributed by atoms with E-state index in [1.165, 1.54) is 6.20 Å². The molecule has 124 valence electrons. The van der Waals surface area contributed by atoms with Gasteiger partial charge in [0.05, 0.1) is 11.0 Å². The predicted molar refractivity (Wildman–Crippen MR) is 88.5 cm³/mol.